The first kappa shape index (κ1) is 11.3. The molecule has 1 heterocycles. The van der Waals surface area contributed by atoms with E-state index in [9.17, 15) is 0 Å². The van der Waals surface area contributed by atoms with Gasteiger partial charge in [-0.25, -0.2) is 0 Å². The minimum absolute atomic E-state index is 0.166. The van der Waals surface area contributed by atoms with Gasteiger partial charge in [-0.2, -0.15) is 0 Å². The summed E-state index contributed by atoms with van der Waals surface area (Å²) in [6, 6.07) is 4.33. The topological polar surface area (TPSA) is 44.5 Å². The van der Waals surface area contributed by atoms with Gasteiger partial charge in [-0.3, -0.25) is 0 Å². The van der Waals surface area contributed by atoms with E-state index in [1.165, 1.54) is 11.1 Å². The summed E-state index contributed by atoms with van der Waals surface area (Å²) in [6.07, 6.45) is 0.977. The third-order valence-corrected chi connectivity index (χ3v) is 3.16. The number of nitrogens with two attached hydrogens (primary N) is 1. The molecule has 2 N–H and O–H groups in total. The fourth-order valence-electron chi connectivity index (χ4n) is 2.15. The Kier molecular flexibility index (Phi) is 3.06. The van der Waals surface area contributed by atoms with E-state index in [0.717, 1.165) is 17.9 Å². The Morgan fingerprint density at radius 1 is 1.50 bits per heavy atom. The highest BCUT2D eigenvalue weighted by Gasteiger charge is 2.25. The van der Waals surface area contributed by atoms with Gasteiger partial charge < -0.3 is 15.2 Å². The lowest BCUT2D eigenvalue weighted by Gasteiger charge is -2.29. The van der Waals surface area contributed by atoms with Crippen molar-refractivity contribution in [1.82, 2.24) is 0 Å². The lowest BCUT2D eigenvalue weighted by Crippen LogP contribution is -2.35. The number of rotatable bonds is 2. The van der Waals surface area contributed by atoms with E-state index in [2.05, 4.69) is 13.0 Å². The highest BCUT2D eigenvalue weighted by molar-refractivity contribution is 5.50. The molecule has 1 aliphatic heterocycles. The van der Waals surface area contributed by atoms with Crippen molar-refractivity contribution < 1.29 is 9.47 Å². The van der Waals surface area contributed by atoms with E-state index < -0.39 is 0 Å². The molecule has 16 heavy (non-hydrogen) atoms. The maximum Gasteiger partial charge on any atom is 0.164 e. The van der Waals surface area contributed by atoms with Gasteiger partial charge in [0.05, 0.1) is 13.7 Å². The zero-order valence-corrected chi connectivity index (χ0v) is 10.1. The van der Waals surface area contributed by atoms with Crippen molar-refractivity contribution in [2.75, 3.05) is 13.7 Å². The quantitative estimate of drug-likeness (QED) is 0.829. The summed E-state index contributed by atoms with van der Waals surface area (Å²) in [5.41, 5.74) is 8.33. The van der Waals surface area contributed by atoms with Gasteiger partial charge in [0.15, 0.2) is 11.5 Å². The predicted molar refractivity (Wildman–Crippen MR) is 64.1 cm³/mol. The molecular formula is C13H19NO2. The largest absolute Gasteiger partial charge is 0.493 e. The van der Waals surface area contributed by atoms with Crippen molar-refractivity contribution in [2.24, 2.45) is 11.7 Å². The second kappa shape index (κ2) is 4.34. The van der Waals surface area contributed by atoms with E-state index >= 15 is 0 Å². The molecule has 0 spiro atoms. The molecule has 1 aromatic carbocycles. The summed E-state index contributed by atoms with van der Waals surface area (Å²) in [7, 11) is 1.68. The molecule has 88 valence electrons. The molecule has 3 heteroatoms. The lowest BCUT2D eigenvalue weighted by molar-refractivity contribution is 0.196. The van der Waals surface area contributed by atoms with Gasteiger partial charge >= 0.3 is 0 Å². The van der Waals surface area contributed by atoms with Crippen LogP contribution in [0.15, 0.2) is 12.1 Å². The van der Waals surface area contributed by atoms with Gasteiger partial charge in [-0.05, 0) is 37.5 Å². The third kappa shape index (κ3) is 2.00. The van der Waals surface area contributed by atoms with E-state index in [-0.39, 0.29) is 6.04 Å². The maximum absolute atomic E-state index is 5.92. The van der Waals surface area contributed by atoms with Crippen LogP contribution in [0.25, 0.3) is 0 Å². The highest BCUT2D eigenvalue weighted by atomic mass is 16.5. The number of ether oxygens (including phenoxy) is 2. The zero-order chi connectivity index (χ0) is 11.7. The molecule has 1 aliphatic rings. The van der Waals surface area contributed by atoms with Gasteiger partial charge in [0.2, 0.25) is 0 Å². The van der Waals surface area contributed by atoms with Crippen molar-refractivity contribution >= 4 is 0 Å². The van der Waals surface area contributed by atoms with Crippen molar-refractivity contribution in [3.8, 4) is 11.5 Å². The first-order valence-corrected chi connectivity index (χ1v) is 5.67. The van der Waals surface area contributed by atoms with E-state index in [1.807, 2.05) is 13.0 Å². The summed E-state index contributed by atoms with van der Waals surface area (Å²) in [6.45, 7) is 4.79. The smallest absolute Gasteiger partial charge is 0.164 e. The van der Waals surface area contributed by atoms with Gasteiger partial charge in [-0.1, -0.05) is 6.07 Å². The molecule has 0 radical (unpaired) electrons. The number of benzene rings is 1. The molecule has 0 aliphatic carbocycles. The zero-order valence-electron chi connectivity index (χ0n) is 10.1. The molecule has 0 amide bonds. The molecule has 0 saturated carbocycles. The standard InChI is InChI=1S/C13H19NO2/c1-8-4-10-6-11(9(2)14)7-16-13(10)12(5-8)15-3/h4-5,9,11H,6-7,14H2,1-3H3/t9-,11?/m1/s1. The first-order valence-electron chi connectivity index (χ1n) is 5.67. The van der Waals surface area contributed by atoms with E-state index in [4.69, 9.17) is 15.2 Å². The summed E-state index contributed by atoms with van der Waals surface area (Å²) in [5.74, 6) is 2.13. The van der Waals surface area contributed by atoms with Crippen molar-refractivity contribution in [3.05, 3.63) is 23.3 Å². The average molecular weight is 221 g/mol. The number of hydrogen-bond donors (Lipinski definition) is 1. The van der Waals surface area contributed by atoms with E-state index in [1.54, 1.807) is 7.11 Å². The van der Waals surface area contributed by atoms with Crippen LogP contribution in [0.2, 0.25) is 0 Å². The summed E-state index contributed by atoms with van der Waals surface area (Å²) >= 11 is 0. The minimum atomic E-state index is 0.166. The van der Waals surface area contributed by atoms with Gasteiger partial charge in [0, 0.05) is 12.0 Å². The molecule has 1 aromatic rings. The summed E-state index contributed by atoms with van der Waals surface area (Å²) in [5, 5.41) is 0. The summed E-state index contributed by atoms with van der Waals surface area (Å²) in [4.78, 5) is 0. The Morgan fingerprint density at radius 2 is 2.25 bits per heavy atom. The van der Waals surface area contributed by atoms with Crippen LogP contribution in [0.1, 0.15) is 18.1 Å². The Bertz CT molecular complexity index is 388. The Labute approximate surface area is 96.5 Å². The second-order valence-corrected chi connectivity index (χ2v) is 4.59. The molecule has 2 rings (SSSR count). The SMILES string of the molecule is COc1cc(C)cc2c1OCC([C@@H](C)N)C2. The molecule has 1 unspecified atom stereocenters. The molecule has 0 bridgehead atoms. The minimum Gasteiger partial charge on any atom is -0.493 e. The van der Waals surface area contributed by atoms with Gasteiger partial charge in [-0.15, -0.1) is 0 Å². The molecule has 0 fully saturated rings. The van der Waals surface area contributed by atoms with Crippen molar-refractivity contribution in [3.63, 3.8) is 0 Å². The van der Waals surface area contributed by atoms with Crippen molar-refractivity contribution in [1.29, 1.82) is 0 Å². The average Bonchev–Trinajstić information content (AvgIpc) is 2.26. The van der Waals surface area contributed by atoms with Crippen LogP contribution in [0, 0.1) is 12.8 Å². The summed E-state index contributed by atoms with van der Waals surface area (Å²) < 4.78 is 11.1. The van der Waals surface area contributed by atoms with Gasteiger partial charge in [0.1, 0.15) is 0 Å². The highest BCUT2D eigenvalue weighted by Crippen LogP contribution is 2.37. The number of hydrogen-bond acceptors (Lipinski definition) is 3. The third-order valence-electron chi connectivity index (χ3n) is 3.16. The lowest BCUT2D eigenvalue weighted by atomic mass is 9.91. The second-order valence-electron chi connectivity index (χ2n) is 4.59. The normalized spacial score (nSPS) is 20.9. The maximum atomic E-state index is 5.92. The molecule has 0 saturated heterocycles. The molecule has 0 aromatic heterocycles. The molecule has 3 nitrogen and oxygen atoms in total. The van der Waals surface area contributed by atoms with Crippen LogP contribution in [-0.2, 0) is 6.42 Å². The first-order chi connectivity index (χ1) is 7.61. The van der Waals surface area contributed by atoms with Crippen LogP contribution in [-0.4, -0.2) is 19.8 Å². The fraction of sp³-hybridized carbons (Fsp3) is 0.538. The Balaban J connectivity index is 2.35. The van der Waals surface area contributed by atoms with Gasteiger partial charge in [0.25, 0.3) is 0 Å². The van der Waals surface area contributed by atoms with E-state index in [0.29, 0.717) is 12.5 Å². The fourth-order valence-corrected chi connectivity index (χ4v) is 2.15. The van der Waals surface area contributed by atoms with Crippen LogP contribution in [0.3, 0.4) is 0 Å². The Hall–Kier alpha value is -1.22. The van der Waals surface area contributed by atoms with Crippen molar-refractivity contribution in [2.45, 2.75) is 26.3 Å². The monoisotopic (exact) mass is 221 g/mol. The van der Waals surface area contributed by atoms with Crippen LogP contribution >= 0.6 is 0 Å². The Morgan fingerprint density at radius 3 is 2.88 bits per heavy atom. The number of fused-ring (bicyclic) bond motifs is 1. The van der Waals surface area contributed by atoms with Crippen LogP contribution in [0.5, 0.6) is 11.5 Å². The number of aryl methyl sites for hydroxylation is 1. The predicted octanol–water partition coefficient (Wildman–Crippen LogP) is 1.90. The van der Waals surface area contributed by atoms with Crippen LogP contribution < -0.4 is 15.2 Å². The molecule has 2 atom stereocenters. The number of methoxy groups -OCH3 is 1. The molecular weight excluding hydrogens is 202 g/mol. The van der Waals surface area contributed by atoms with Crippen LogP contribution in [0.4, 0.5) is 0 Å².